The van der Waals surface area contributed by atoms with Crippen molar-refractivity contribution in [3.63, 3.8) is 0 Å². The number of carbonyl (C=O) groups excluding carboxylic acids is 2. The van der Waals surface area contributed by atoms with Crippen LogP contribution in [0, 0.1) is 0 Å². The SMILES string of the molecule is CC(C)(C)NC(=O)c1ccc2c(c1)C(C)(C)C(=O)N2. The Balaban J connectivity index is 2.36. The summed E-state index contributed by atoms with van der Waals surface area (Å²) in [5.41, 5.74) is 1.38. The first-order valence-corrected chi connectivity index (χ1v) is 6.40. The molecule has 0 spiro atoms. The molecule has 0 bridgehead atoms. The highest BCUT2D eigenvalue weighted by molar-refractivity contribution is 6.07. The second-order valence-electron chi connectivity index (χ2n) is 6.54. The van der Waals surface area contributed by atoms with Crippen LogP contribution in [0.2, 0.25) is 0 Å². The first-order valence-electron chi connectivity index (χ1n) is 6.40. The third-order valence-electron chi connectivity index (χ3n) is 3.26. The molecule has 0 fully saturated rings. The van der Waals surface area contributed by atoms with Crippen LogP contribution in [-0.4, -0.2) is 17.4 Å². The summed E-state index contributed by atoms with van der Waals surface area (Å²) in [5, 5.41) is 5.75. The fraction of sp³-hybridized carbons (Fsp3) is 0.467. The highest BCUT2D eigenvalue weighted by Gasteiger charge is 2.38. The second kappa shape index (κ2) is 4.08. The van der Waals surface area contributed by atoms with Gasteiger partial charge in [-0.15, -0.1) is 0 Å². The molecule has 0 saturated carbocycles. The third kappa shape index (κ3) is 2.48. The van der Waals surface area contributed by atoms with Gasteiger partial charge in [0.05, 0.1) is 5.41 Å². The maximum absolute atomic E-state index is 12.1. The number of hydrogen-bond acceptors (Lipinski definition) is 2. The molecule has 1 heterocycles. The maximum atomic E-state index is 12.1. The predicted octanol–water partition coefficient (Wildman–Crippen LogP) is 2.44. The van der Waals surface area contributed by atoms with E-state index < -0.39 is 5.41 Å². The Labute approximate surface area is 113 Å². The largest absolute Gasteiger partial charge is 0.347 e. The molecule has 0 saturated heterocycles. The monoisotopic (exact) mass is 260 g/mol. The summed E-state index contributed by atoms with van der Waals surface area (Å²) in [5.74, 6) is -0.152. The maximum Gasteiger partial charge on any atom is 0.251 e. The average molecular weight is 260 g/mol. The van der Waals surface area contributed by atoms with Gasteiger partial charge in [-0.25, -0.2) is 0 Å². The summed E-state index contributed by atoms with van der Waals surface area (Å²) >= 11 is 0. The van der Waals surface area contributed by atoms with Crippen LogP contribution in [0.15, 0.2) is 18.2 Å². The van der Waals surface area contributed by atoms with Crippen LogP contribution in [0.1, 0.15) is 50.5 Å². The Bertz CT molecular complexity index is 554. The van der Waals surface area contributed by atoms with Crippen LogP contribution < -0.4 is 10.6 Å². The zero-order chi connectivity index (χ0) is 14.4. The molecule has 2 rings (SSSR count). The lowest BCUT2D eigenvalue weighted by molar-refractivity contribution is -0.119. The van der Waals surface area contributed by atoms with E-state index in [9.17, 15) is 9.59 Å². The molecule has 2 N–H and O–H groups in total. The summed E-state index contributed by atoms with van der Waals surface area (Å²) in [6.45, 7) is 9.53. The van der Waals surface area contributed by atoms with E-state index in [1.807, 2.05) is 34.6 Å². The second-order valence-corrected chi connectivity index (χ2v) is 6.54. The number of rotatable bonds is 1. The molecular weight excluding hydrogens is 240 g/mol. The summed E-state index contributed by atoms with van der Waals surface area (Å²) in [7, 11) is 0. The van der Waals surface area contributed by atoms with Crippen LogP contribution >= 0.6 is 0 Å². The molecule has 1 aromatic carbocycles. The van der Waals surface area contributed by atoms with Crippen LogP contribution in [-0.2, 0) is 10.2 Å². The smallest absolute Gasteiger partial charge is 0.251 e. The Hall–Kier alpha value is -1.84. The molecule has 2 amide bonds. The summed E-state index contributed by atoms with van der Waals surface area (Å²) < 4.78 is 0. The van der Waals surface area contributed by atoms with Crippen LogP contribution in [0.4, 0.5) is 5.69 Å². The highest BCUT2D eigenvalue weighted by Crippen LogP contribution is 2.37. The molecule has 19 heavy (non-hydrogen) atoms. The van der Waals surface area contributed by atoms with E-state index in [1.54, 1.807) is 18.2 Å². The quantitative estimate of drug-likeness (QED) is 0.814. The van der Waals surface area contributed by atoms with E-state index in [0.717, 1.165) is 11.3 Å². The van der Waals surface area contributed by atoms with Crippen molar-refractivity contribution in [2.24, 2.45) is 0 Å². The van der Waals surface area contributed by atoms with Crippen molar-refractivity contribution in [2.45, 2.75) is 45.6 Å². The number of benzene rings is 1. The van der Waals surface area contributed by atoms with Crippen molar-refractivity contribution < 1.29 is 9.59 Å². The normalized spacial score (nSPS) is 16.8. The van der Waals surface area contributed by atoms with E-state index in [0.29, 0.717) is 5.56 Å². The van der Waals surface area contributed by atoms with Crippen molar-refractivity contribution in [1.82, 2.24) is 5.32 Å². The van der Waals surface area contributed by atoms with Gasteiger partial charge in [-0.3, -0.25) is 9.59 Å². The molecule has 4 heteroatoms. The van der Waals surface area contributed by atoms with Crippen molar-refractivity contribution in [1.29, 1.82) is 0 Å². The van der Waals surface area contributed by atoms with Gasteiger partial charge in [0.25, 0.3) is 5.91 Å². The summed E-state index contributed by atoms with van der Waals surface area (Å²) in [6, 6.07) is 5.33. The first-order chi connectivity index (χ1) is 8.61. The molecular formula is C15H20N2O2. The van der Waals surface area contributed by atoms with Gasteiger partial charge in [0, 0.05) is 16.8 Å². The molecule has 0 atom stereocenters. The van der Waals surface area contributed by atoms with Gasteiger partial charge >= 0.3 is 0 Å². The Morgan fingerprint density at radius 3 is 2.47 bits per heavy atom. The van der Waals surface area contributed by atoms with Crippen molar-refractivity contribution in [2.75, 3.05) is 5.32 Å². The zero-order valence-electron chi connectivity index (χ0n) is 12.0. The number of amides is 2. The topological polar surface area (TPSA) is 58.2 Å². The molecule has 0 unspecified atom stereocenters. The van der Waals surface area contributed by atoms with Gasteiger partial charge in [-0.2, -0.15) is 0 Å². The van der Waals surface area contributed by atoms with Gasteiger partial charge in [0.2, 0.25) is 5.91 Å². The van der Waals surface area contributed by atoms with Crippen LogP contribution in [0.3, 0.4) is 0 Å². The van der Waals surface area contributed by atoms with Gasteiger partial charge < -0.3 is 10.6 Å². The van der Waals surface area contributed by atoms with Gasteiger partial charge in [0.1, 0.15) is 0 Å². The number of carbonyl (C=O) groups is 2. The van der Waals surface area contributed by atoms with Crippen molar-refractivity contribution >= 4 is 17.5 Å². The number of nitrogens with one attached hydrogen (secondary N) is 2. The van der Waals surface area contributed by atoms with Crippen molar-refractivity contribution in [3.8, 4) is 0 Å². The lowest BCUT2D eigenvalue weighted by Crippen LogP contribution is -2.40. The number of fused-ring (bicyclic) bond motifs is 1. The summed E-state index contributed by atoms with van der Waals surface area (Å²) in [4.78, 5) is 24.0. The Morgan fingerprint density at radius 1 is 1.26 bits per heavy atom. The highest BCUT2D eigenvalue weighted by atomic mass is 16.2. The fourth-order valence-electron chi connectivity index (χ4n) is 2.13. The first kappa shape index (κ1) is 13.6. The molecule has 1 aliphatic heterocycles. The average Bonchev–Trinajstić information content (AvgIpc) is 2.47. The summed E-state index contributed by atoms with van der Waals surface area (Å²) in [6.07, 6.45) is 0. The van der Waals surface area contributed by atoms with E-state index in [4.69, 9.17) is 0 Å². The van der Waals surface area contributed by atoms with E-state index in [-0.39, 0.29) is 17.4 Å². The van der Waals surface area contributed by atoms with Crippen LogP contribution in [0.25, 0.3) is 0 Å². The number of hydrogen-bond donors (Lipinski definition) is 2. The molecule has 4 nitrogen and oxygen atoms in total. The van der Waals surface area contributed by atoms with Gasteiger partial charge in [-0.05, 0) is 58.4 Å². The fourth-order valence-corrected chi connectivity index (χ4v) is 2.13. The van der Waals surface area contributed by atoms with E-state index in [1.165, 1.54) is 0 Å². The van der Waals surface area contributed by atoms with Crippen molar-refractivity contribution in [3.05, 3.63) is 29.3 Å². The van der Waals surface area contributed by atoms with E-state index >= 15 is 0 Å². The third-order valence-corrected chi connectivity index (χ3v) is 3.26. The Kier molecular flexibility index (Phi) is 2.92. The molecule has 0 radical (unpaired) electrons. The lowest BCUT2D eigenvalue weighted by Gasteiger charge is -2.21. The van der Waals surface area contributed by atoms with E-state index in [2.05, 4.69) is 10.6 Å². The minimum absolute atomic E-state index is 0.0316. The molecule has 102 valence electrons. The molecule has 0 aromatic heterocycles. The number of anilines is 1. The molecule has 1 aromatic rings. The zero-order valence-corrected chi connectivity index (χ0v) is 12.0. The molecule has 0 aliphatic carbocycles. The Morgan fingerprint density at radius 2 is 1.89 bits per heavy atom. The minimum atomic E-state index is -0.590. The minimum Gasteiger partial charge on any atom is -0.347 e. The van der Waals surface area contributed by atoms with Crippen LogP contribution in [0.5, 0.6) is 0 Å². The lowest BCUT2D eigenvalue weighted by atomic mass is 9.85. The predicted molar refractivity (Wildman–Crippen MR) is 75.3 cm³/mol. The van der Waals surface area contributed by atoms with Gasteiger partial charge in [0.15, 0.2) is 0 Å². The standard InChI is InChI=1S/C15H20N2O2/c1-14(2,3)17-12(18)9-6-7-11-10(8-9)15(4,5)13(19)16-11/h6-8H,1-5H3,(H,16,19)(H,17,18). The molecule has 1 aliphatic rings. The van der Waals surface area contributed by atoms with Gasteiger partial charge in [-0.1, -0.05) is 0 Å².